The maximum atomic E-state index is 12.6. The van der Waals surface area contributed by atoms with Gasteiger partial charge in [0, 0.05) is 17.7 Å². The third-order valence-corrected chi connectivity index (χ3v) is 7.39. The van der Waals surface area contributed by atoms with Crippen LogP contribution in [0, 0.1) is 0 Å². The second-order valence-corrected chi connectivity index (χ2v) is 10.7. The van der Waals surface area contributed by atoms with E-state index < -0.39 is 9.84 Å². The van der Waals surface area contributed by atoms with Gasteiger partial charge >= 0.3 is 0 Å². The van der Waals surface area contributed by atoms with Crippen molar-refractivity contribution in [1.29, 1.82) is 0 Å². The Labute approximate surface area is 188 Å². The van der Waals surface area contributed by atoms with E-state index >= 15 is 0 Å². The molecule has 3 aromatic rings. The second-order valence-electron chi connectivity index (χ2n) is 8.43. The summed E-state index contributed by atoms with van der Waals surface area (Å²) in [6.45, 7) is 4.28. The molecule has 1 aromatic heterocycles. The van der Waals surface area contributed by atoms with Crippen molar-refractivity contribution in [3.63, 3.8) is 0 Å². The van der Waals surface area contributed by atoms with Crippen LogP contribution in [0.2, 0.25) is 0 Å². The Morgan fingerprint density at radius 1 is 1.12 bits per heavy atom. The van der Waals surface area contributed by atoms with E-state index in [1.165, 1.54) is 11.6 Å². The Morgan fingerprint density at radius 2 is 1.84 bits per heavy atom. The van der Waals surface area contributed by atoms with Gasteiger partial charge in [-0.1, -0.05) is 68.4 Å². The molecule has 1 aliphatic heterocycles. The summed E-state index contributed by atoms with van der Waals surface area (Å²) in [5.41, 5.74) is 3.78. The van der Waals surface area contributed by atoms with Crippen molar-refractivity contribution < 1.29 is 13.2 Å². The fourth-order valence-electron chi connectivity index (χ4n) is 3.82. The maximum absolute atomic E-state index is 12.6. The van der Waals surface area contributed by atoms with Crippen molar-refractivity contribution in [3.05, 3.63) is 77.9 Å². The number of amides is 1. The quantitative estimate of drug-likeness (QED) is 0.554. The van der Waals surface area contributed by atoms with E-state index in [0.29, 0.717) is 23.9 Å². The number of carbonyl (C=O) groups excluding carboxylic acids is 1. The van der Waals surface area contributed by atoms with Crippen LogP contribution in [0.4, 0.5) is 5.82 Å². The molecular weight excluding hydrogens is 422 g/mol. The Balaban J connectivity index is 1.56. The summed E-state index contributed by atoms with van der Waals surface area (Å²) in [5, 5.41) is 7.52. The Hall–Kier alpha value is -3.19. The maximum Gasteiger partial charge on any atom is 0.249 e. The predicted molar refractivity (Wildman–Crippen MR) is 128 cm³/mol. The Morgan fingerprint density at radius 3 is 2.47 bits per heavy atom. The minimum atomic E-state index is -3.09. The van der Waals surface area contributed by atoms with Crippen molar-refractivity contribution in [2.75, 3.05) is 16.8 Å². The molecule has 4 rings (SSSR count). The smallest absolute Gasteiger partial charge is 0.249 e. The lowest BCUT2D eigenvalue weighted by Gasteiger charge is -2.13. The number of hydrogen-bond donors (Lipinski definition) is 1. The fourth-order valence-corrected chi connectivity index (χ4v) is 5.51. The first-order valence-electron chi connectivity index (χ1n) is 10.8. The molecule has 2 heterocycles. The standard InChI is InChI=1S/C25H27N3O3S/c1-18(2)20-11-8-19(9-12-20)10-13-25(29)26-24-16-23(21-6-4-3-5-7-21)27-28(24)22-14-15-32(30,31)17-22/h3-13,16,18,22H,14-15,17H2,1-2H3,(H,26,29)/b13-10+/t22-/m0/s1. The SMILES string of the molecule is CC(C)c1ccc(/C=C/C(=O)Nc2cc(-c3ccccc3)nn2[C@H]2CCS(=O)(=O)C2)cc1. The number of benzene rings is 2. The van der Waals surface area contributed by atoms with E-state index in [2.05, 4.69) is 36.4 Å². The molecule has 1 N–H and O–H groups in total. The molecule has 1 amide bonds. The normalized spacial score (nSPS) is 17.8. The lowest BCUT2D eigenvalue weighted by molar-refractivity contribution is -0.111. The van der Waals surface area contributed by atoms with Gasteiger partial charge in [0.05, 0.1) is 23.2 Å². The molecule has 0 unspecified atom stereocenters. The fraction of sp³-hybridized carbons (Fsp3) is 0.280. The zero-order valence-electron chi connectivity index (χ0n) is 18.2. The highest BCUT2D eigenvalue weighted by molar-refractivity contribution is 7.91. The molecule has 32 heavy (non-hydrogen) atoms. The summed E-state index contributed by atoms with van der Waals surface area (Å²) < 4.78 is 25.7. The lowest BCUT2D eigenvalue weighted by atomic mass is 10.0. The first-order chi connectivity index (χ1) is 15.3. The van der Waals surface area contributed by atoms with Crippen LogP contribution in [0.1, 0.15) is 43.4 Å². The van der Waals surface area contributed by atoms with Crippen LogP contribution >= 0.6 is 0 Å². The van der Waals surface area contributed by atoms with Gasteiger partial charge in [-0.05, 0) is 29.5 Å². The highest BCUT2D eigenvalue weighted by Gasteiger charge is 2.31. The summed E-state index contributed by atoms with van der Waals surface area (Å²) in [5.74, 6) is 0.826. The number of sulfone groups is 1. The van der Waals surface area contributed by atoms with Gasteiger partial charge in [0.1, 0.15) is 5.82 Å². The first kappa shape index (κ1) is 22.0. The molecule has 1 atom stereocenters. The molecule has 1 aliphatic rings. The second kappa shape index (κ2) is 9.12. The van der Waals surface area contributed by atoms with Crippen molar-refractivity contribution in [3.8, 4) is 11.3 Å². The van der Waals surface area contributed by atoms with Gasteiger partial charge < -0.3 is 5.32 Å². The van der Waals surface area contributed by atoms with E-state index in [4.69, 9.17) is 0 Å². The Bertz CT molecular complexity index is 1230. The van der Waals surface area contributed by atoms with Gasteiger partial charge in [0.15, 0.2) is 9.84 Å². The average molecular weight is 450 g/mol. The molecule has 0 bridgehead atoms. The van der Waals surface area contributed by atoms with Crippen LogP contribution in [0.25, 0.3) is 17.3 Å². The van der Waals surface area contributed by atoms with Crippen LogP contribution in [0.3, 0.4) is 0 Å². The van der Waals surface area contributed by atoms with E-state index in [0.717, 1.165) is 11.1 Å². The van der Waals surface area contributed by atoms with Gasteiger partial charge in [-0.15, -0.1) is 0 Å². The average Bonchev–Trinajstić information content (AvgIpc) is 3.36. The van der Waals surface area contributed by atoms with E-state index in [-0.39, 0.29) is 23.5 Å². The van der Waals surface area contributed by atoms with Crippen molar-refractivity contribution in [1.82, 2.24) is 9.78 Å². The summed E-state index contributed by atoms with van der Waals surface area (Å²) in [4.78, 5) is 12.6. The molecule has 0 saturated carbocycles. The Kier molecular flexibility index (Phi) is 6.28. The van der Waals surface area contributed by atoms with Crippen LogP contribution in [0.15, 0.2) is 66.7 Å². The molecule has 0 aliphatic carbocycles. The number of nitrogens with one attached hydrogen (secondary N) is 1. The lowest BCUT2D eigenvalue weighted by Crippen LogP contribution is -2.18. The summed E-state index contributed by atoms with van der Waals surface area (Å²) >= 11 is 0. The van der Waals surface area contributed by atoms with Crippen LogP contribution < -0.4 is 5.32 Å². The molecule has 1 fully saturated rings. The van der Waals surface area contributed by atoms with Crippen LogP contribution in [-0.4, -0.2) is 35.6 Å². The molecular formula is C25H27N3O3S. The van der Waals surface area contributed by atoms with E-state index in [1.54, 1.807) is 16.8 Å². The molecule has 7 heteroatoms. The zero-order chi connectivity index (χ0) is 22.7. The van der Waals surface area contributed by atoms with Gasteiger partial charge in [0.2, 0.25) is 5.91 Å². The molecule has 6 nitrogen and oxygen atoms in total. The van der Waals surface area contributed by atoms with Gasteiger partial charge in [-0.3, -0.25) is 4.79 Å². The highest BCUT2D eigenvalue weighted by Crippen LogP contribution is 2.30. The van der Waals surface area contributed by atoms with Gasteiger partial charge in [-0.25, -0.2) is 13.1 Å². The zero-order valence-corrected chi connectivity index (χ0v) is 19.0. The van der Waals surface area contributed by atoms with Crippen molar-refractivity contribution in [2.45, 2.75) is 32.2 Å². The largest absolute Gasteiger partial charge is 0.307 e. The molecule has 2 aromatic carbocycles. The van der Waals surface area contributed by atoms with Crippen LogP contribution in [-0.2, 0) is 14.6 Å². The number of aromatic nitrogens is 2. The number of hydrogen-bond acceptors (Lipinski definition) is 4. The molecule has 0 spiro atoms. The van der Waals surface area contributed by atoms with E-state index in [1.807, 2.05) is 42.5 Å². The highest BCUT2D eigenvalue weighted by atomic mass is 32.2. The van der Waals surface area contributed by atoms with Gasteiger partial charge in [0.25, 0.3) is 0 Å². The minimum absolute atomic E-state index is 0.0316. The topological polar surface area (TPSA) is 81.1 Å². The predicted octanol–water partition coefficient (Wildman–Crippen LogP) is 4.69. The van der Waals surface area contributed by atoms with Crippen molar-refractivity contribution >= 4 is 27.6 Å². The first-order valence-corrected chi connectivity index (χ1v) is 12.6. The summed E-state index contributed by atoms with van der Waals surface area (Å²) in [6.07, 6.45) is 3.73. The summed E-state index contributed by atoms with van der Waals surface area (Å²) in [7, 11) is -3.09. The minimum Gasteiger partial charge on any atom is -0.307 e. The van der Waals surface area contributed by atoms with Gasteiger partial charge in [-0.2, -0.15) is 5.10 Å². The third kappa shape index (κ3) is 5.16. The number of nitrogens with zero attached hydrogens (tertiary/aromatic N) is 2. The molecule has 0 radical (unpaired) electrons. The number of carbonyl (C=O) groups is 1. The third-order valence-electron chi connectivity index (χ3n) is 5.64. The molecule has 1 saturated heterocycles. The number of rotatable bonds is 6. The molecule has 166 valence electrons. The number of anilines is 1. The van der Waals surface area contributed by atoms with Crippen molar-refractivity contribution in [2.24, 2.45) is 0 Å². The summed E-state index contributed by atoms with van der Waals surface area (Å²) in [6, 6.07) is 19.2. The van der Waals surface area contributed by atoms with Crippen LogP contribution in [0.5, 0.6) is 0 Å². The monoisotopic (exact) mass is 449 g/mol. The van der Waals surface area contributed by atoms with E-state index in [9.17, 15) is 13.2 Å².